The molecule has 1 atom stereocenters. The number of thiazole rings is 1. The average Bonchev–Trinajstić information content (AvgIpc) is 3.27. The maximum atomic E-state index is 13.3. The Balaban J connectivity index is 1.76. The van der Waals surface area contributed by atoms with Gasteiger partial charge in [-0.3, -0.25) is 24.1 Å². The van der Waals surface area contributed by atoms with Gasteiger partial charge < -0.3 is 14.9 Å². The minimum atomic E-state index is -1.38. The summed E-state index contributed by atoms with van der Waals surface area (Å²) in [7, 11) is 0. The third-order valence-electron chi connectivity index (χ3n) is 7.13. The van der Waals surface area contributed by atoms with Crippen LogP contribution < -0.4 is 10.3 Å². The van der Waals surface area contributed by atoms with Crippen molar-refractivity contribution >= 4 is 60.5 Å². The van der Waals surface area contributed by atoms with Crippen LogP contribution in [0.1, 0.15) is 37.0 Å². The van der Waals surface area contributed by atoms with Crippen LogP contribution in [0.15, 0.2) is 41.2 Å². The first-order valence-corrected chi connectivity index (χ1v) is 13.0. The van der Waals surface area contributed by atoms with Gasteiger partial charge >= 0.3 is 5.97 Å². The number of carbonyl (C=O) groups is 2. The lowest BCUT2D eigenvalue weighted by atomic mass is 9.95. The number of para-hydroxylation sites is 1. The molecular weight excluding hydrogens is 496 g/mol. The number of nitrogens with zero attached hydrogens (tertiary/aromatic N) is 4. The molecule has 1 fully saturated rings. The number of nitro benzene ring substituents is 1. The van der Waals surface area contributed by atoms with E-state index in [1.807, 2.05) is 43.0 Å². The van der Waals surface area contributed by atoms with Gasteiger partial charge in [0.15, 0.2) is 0 Å². The molecule has 1 aliphatic rings. The quantitative estimate of drug-likeness (QED) is 0.295. The van der Waals surface area contributed by atoms with Crippen LogP contribution in [-0.4, -0.2) is 57.4 Å². The highest BCUT2D eigenvalue weighted by Crippen LogP contribution is 2.38. The number of anilines is 1. The number of hydrogen-bond acceptors (Lipinski definition) is 7. The van der Waals surface area contributed by atoms with Gasteiger partial charge in [0, 0.05) is 32.2 Å². The molecule has 2 aromatic heterocycles. The SMILES string of the molecule is CCN(CC)C(=O)C1CCCN(c2cc3c(cc2[N+](=O)[O-])c(=O)c(C(=O)O)c2sc4ccccc4n23)C1. The van der Waals surface area contributed by atoms with Crippen LogP contribution >= 0.6 is 11.3 Å². The number of rotatable bonds is 6. The molecule has 0 saturated carbocycles. The van der Waals surface area contributed by atoms with Crippen molar-refractivity contribution in [2.45, 2.75) is 26.7 Å². The van der Waals surface area contributed by atoms with Crippen LogP contribution in [0.4, 0.5) is 11.4 Å². The zero-order valence-electron chi connectivity index (χ0n) is 20.5. The molecule has 37 heavy (non-hydrogen) atoms. The summed E-state index contributed by atoms with van der Waals surface area (Å²) in [5.74, 6) is -1.63. The van der Waals surface area contributed by atoms with Crippen molar-refractivity contribution in [1.82, 2.24) is 9.30 Å². The summed E-state index contributed by atoms with van der Waals surface area (Å²) < 4.78 is 2.50. The van der Waals surface area contributed by atoms with Gasteiger partial charge in [-0.1, -0.05) is 12.1 Å². The normalized spacial score (nSPS) is 15.9. The van der Waals surface area contributed by atoms with Crippen molar-refractivity contribution in [1.29, 1.82) is 0 Å². The fourth-order valence-electron chi connectivity index (χ4n) is 5.33. The average molecular weight is 523 g/mol. The van der Waals surface area contributed by atoms with Gasteiger partial charge in [-0.05, 0) is 44.9 Å². The topological polar surface area (TPSA) is 125 Å². The molecule has 1 N–H and O–H groups in total. The van der Waals surface area contributed by atoms with Crippen molar-refractivity contribution in [3.05, 3.63) is 62.3 Å². The molecule has 0 aliphatic carbocycles. The number of carbonyl (C=O) groups excluding carboxylic acids is 1. The van der Waals surface area contributed by atoms with E-state index in [1.54, 1.807) is 15.4 Å². The van der Waals surface area contributed by atoms with Crippen LogP contribution in [0.25, 0.3) is 25.9 Å². The van der Waals surface area contributed by atoms with Gasteiger partial charge in [0.25, 0.3) is 5.69 Å². The zero-order valence-corrected chi connectivity index (χ0v) is 21.3. The molecular formula is C26H26N4O6S. The number of hydrogen-bond donors (Lipinski definition) is 1. The van der Waals surface area contributed by atoms with E-state index in [2.05, 4.69) is 0 Å². The molecule has 10 nitrogen and oxygen atoms in total. The van der Waals surface area contributed by atoms with Gasteiger partial charge in [0.2, 0.25) is 11.3 Å². The molecule has 1 saturated heterocycles. The fourth-order valence-corrected chi connectivity index (χ4v) is 6.52. The van der Waals surface area contributed by atoms with Crippen LogP contribution in [0, 0.1) is 16.0 Å². The molecule has 4 aromatic rings. The first kappa shape index (κ1) is 24.7. The first-order valence-electron chi connectivity index (χ1n) is 12.2. The fraction of sp³-hybridized carbons (Fsp3) is 0.346. The summed E-state index contributed by atoms with van der Waals surface area (Å²) in [6.07, 6.45) is 1.40. The summed E-state index contributed by atoms with van der Waals surface area (Å²) in [6, 6.07) is 10.1. The Kier molecular flexibility index (Phi) is 6.32. The number of carboxylic acid groups (broad SMARTS) is 1. The monoisotopic (exact) mass is 522 g/mol. The number of aromatic nitrogens is 1. The maximum absolute atomic E-state index is 13.3. The maximum Gasteiger partial charge on any atom is 0.342 e. The van der Waals surface area contributed by atoms with E-state index in [-0.39, 0.29) is 27.7 Å². The predicted molar refractivity (Wildman–Crippen MR) is 143 cm³/mol. The van der Waals surface area contributed by atoms with E-state index >= 15 is 0 Å². The molecule has 11 heteroatoms. The number of carboxylic acids is 1. The third-order valence-corrected chi connectivity index (χ3v) is 8.28. The summed E-state index contributed by atoms with van der Waals surface area (Å²) >= 11 is 1.19. The minimum absolute atomic E-state index is 0.0262. The summed E-state index contributed by atoms with van der Waals surface area (Å²) in [5.41, 5.74) is -0.00344. The van der Waals surface area contributed by atoms with E-state index in [4.69, 9.17) is 0 Å². The van der Waals surface area contributed by atoms with Crippen LogP contribution in [0.3, 0.4) is 0 Å². The Labute approximate surface area is 215 Å². The van der Waals surface area contributed by atoms with Crippen LogP contribution in [0.5, 0.6) is 0 Å². The molecule has 0 radical (unpaired) electrons. The number of nitro groups is 1. The highest BCUT2D eigenvalue weighted by Gasteiger charge is 2.32. The molecule has 0 bridgehead atoms. The number of benzene rings is 2. The second-order valence-corrected chi connectivity index (χ2v) is 10.2. The van der Waals surface area contributed by atoms with Gasteiger partial charge in [0.05, 0.1) is 32.0 Å². The minimum Gasteiger partial charge on any atom is -0.477 e. The van der Waals surface area contributed by atoms with E-state index in [0.717, 1.165) is 4.70 Å². The van der Waals surface area contributed by atoms with E-state index in [1.165, 1.54) is 17.4 Å². The van der Waals surface area contributed by atoms with Gasteiger partial charge in [0.1, 0.15) is 16.1 Å². The van der Waals surface area contributed by atoms with Crippen molar-refractivity contribution < 1.29 is 19.6 Å². The predicted octanol–water partition coefficient (Wildman–Crippen LogP) is 4.36. The van der Waals surface area contributed by atoms with Crippen molar-refractivity contribution in [3.8, 4) is 0 Å². The number of amides is 1. The van der Waals surface area contributed by atoms with Gasteiger partial charge in [-0.15, -0.1) is 11.3 Å². The van der Waals surface area contributed by atoms with Crippen LogP contribution in [0.2, 0.25) is 0 Å². The molecule has 2 aromatic carbocycles. The molecule has 0 spiro atoms. The highest BCUT2D eigenvalue weighted by atomic mass is 32.1. The van der Waals surface area contributed by atoms with Crippen molar-refractivity contribution in [3.63, 3.8) is 0 Å². The second kappa shape index (κ2) is 9.47. The Hall–Kier alpha value is -3.99. The number of aromatic carboxylic acids is 1. The largest absolute Gasteiger partial charge is 0.477 e. The van der Waals surface area contributed by atoms with E-state index < -0.39 is 21.9 Å². The Morgan fingerprint density at radius 1 is 1.19 bits per heavy atom. The lowest BCUT2D eigenvalue weighted by Crippen LogP contribution is -2.45. The molecule has 192 valence electrons. The second-order valence-electron chi connectivity index (χ2n) is 9.13. The van der Waals surface area contributed by atoms with Gasteiger partial charge in [-0.25, -0.2) is 4.79 Å². The summed E-state index contributed by atoms with van der Waals surface area (Å²) in [5, 5.41) is 22.0. The number of piperidine rings is 1. The smallest absolute Gasteiger partial charge is 0.342 e. The number of pyridine rings is 1. The third kappa shape index (κ3) is 3.99. The summed E-state index contributed by atoms with van der Waals surface area (Å²) in [6.45, 7) is 5.91. The van der Waals surface area contributed by atoms with E-state index in [9.17, 15) is 29.6 Å². The molecule has 5 rings (SSSR count). The lowest BCUT2D eigenvalue weighted by molar-refractivity contribution is -0.384. The van der Waals surface area contributed by atoms with Crippen LogP contribution in [-0.2, 0) is 4.79 Å². The Bertz CT molecular complexity index is 1640. The van der Waals surface area contributed by atoms with Crippen molar-refractivity contribution in [2.75, 3.05) is 31.1 Å². The van der Waals surface area contributed by atoms with Crippen molar-refractivity contribution in [2.24, 2.45) is 5.92 Å². The lowest BCUT2D eigenvalue weighted by Gasteiger charge is -2.35. The van der Waals surface area contributed by atoms with E-state index in [0.29, 0.717) is 55.7 Å². The first-order chi connectivity index (χ1) is 17.8. The summed E-state index contributed by atoms with van der Waals surface area (Å²) in [4.78, 5) is 54.0. The Morgan fingerprint density at radius 3 is 2.59 bits per heavy atom. The molecule has 1 aliphatic heterocycles. The van der Waals surface area contributed by atoms with Gasteiger partial charge in [-0.2, -0.15) is 0 Å². The molecule has 3 heterocycles. The highest BCUT2D eigenvalue weighted by molar-refractivity contribution is 7.24. The number of fused-ring (bicyclic) bond motifs is 5. The zero-order chi connectivity index (χ0) is 26.4. The Morgan fingerprint density at radius 2 is 1.92 bits per heavy atom. The molecule has 1 unspecified atom stereocenters. The molecule has 1 amide bonds. The standard InChI is InChI=1S/C26H26N4O6S/c1-3-27(4-2)24(32)15-8-7-11-28(14-15)19-13-18-16(12-20(19)30(35)36)23(31)22(26(33)34)25-29(18)17-9-5-6-10-21(17)37-25/h5-6,9-10,12-13,15H,3-4,7-8,11,14H2,1-2H3,(H,33,34).